The van der Waals surface area contributed by atoms with Crippen LogP contribution in [0, 0.1) is 13.8 Å². The Hall–Kier alpha value is -1.76. The molecule has 0 bridgehead atoms. The molecule has 3 aromatic rings. The highest BCUT2D eigenvalue weighted by Gasteiger charge is 2.22. The molecule has 0 saturated carbocycles. The summed E-state index contributed by atoms with van der Waals surface area (Å²) in [7, 11) is 0. The molecule has 0 fully saturated rings. The minimum Gasteiger partial charge on any atom is -0.456 e. The van der Waals surface area contributed by atoms with Gasteiger partial charge in [0.2, 0.25) is 0 Å². The van der Waals surface area contributed by atoms with Gasteiger partial charge in [0.05, 0.1) is 6.85 Å². The molecule has 1 heterocycles. The van der Waals surface area contributed by atoms with Crippen molar-refractivity contribution in [3.63, 3.8) is 0 Å². The first-order valence-corrected chi connectivity index (χ1v) is 6.16. The summed E-state index contributed by atoms with van der Waals surface area (Å²) in [6.45, 7) is 4.78. The smallest absolute Gasteiger partial charge is 0.139 e. The van der Waals surface area contributed by atoms with Crippen LogP contribution in [0.25, 0.3) is 21.9 Å². The molecule has 0 atom stereocenters. The molecule has 98 valence electrons. The summed E-state index contributed by atoms with van der Waals surface area (Å²) in [4.78, 5) is 0. The third-order valence-corrected chi connectivity index (χ3v) is 3.19. The number of furan rings is 1. The predicted octanol–water partition coefficient (Wildman–Crippen LogP) is 5.50. The maximum atomic E-state index is 8.38. The highest BCUT2D eigenvalue weighted by Crippen LogP contribution is 2.38. The van der Waals surface area contributed by atoms with Crippen molar-refractivity contribution in [1.29, 1.82) is 0 Å². The van der Waals surface area contributed by atoms with Crippen molar-refractivity contribution >= 4 is 21.9 Å². The highest BCUT2D eigenvalue weighted by molar-refractivity contribution is 6.06. The van der Waals surface area contributed by atoms with E-state index in [4.69, 9.17) is 15.4 Å². The molecule has 0 aliphatic heterocycles. The van der Waals surface area contributed by atoms with E-state index in [-0.39, 0.29) is 34.0 Å². The Morgan fingerprint density at radius 2 is 1.84 bits per heavy atom. The zero-order valence-electron chi connectivity index (χ0n) is 19.4. The van der Waals surface area contributed by atoms with Crippen molar-refractivity contribution in [3.05, 3.63) is 46.9 Å². The van der Waals surface area contributed by atoms with Crippen LogP contribution in [0.15, 0.2) is 34.6 Å². The topological polar surface area (TPSA) is 13.1 Å². The molecule has 0 saturated heterocycles. The third kappa shape index (κ3) is 1.85. The van der Waals surface area contributed by atoms with E-state index in [1.54, 1.807) is 6.92 Å². The first-order chi connectivity index (χ1) is 12.2. The Balaban J connectivity index is 2.70. The largest absolute Gasteiger partial charge is 0.456 e. The van der Waals surface area contributed by atoms with Crippen LogP contribution in [0.2, 0.25) is 0 Å². The third-order valence-electron chi connectivity index (χ3n) is 3.19. The van der Waals surface area contributed by atoms with E-state index in [9.17, 15) is 0 Å². The molecule has 3 rings (SSSR count). The summed E-state index contributed by atoms with van der Waals surface area (Å²) >= 11 is 0. The Bertz CT molecular complexity index is 1100. The van der Waals surface area contributed by atoms with Crippen LogP contribution in [0.3, 0.4) is 0 Å². The number of benzene rings is 2. The maximum absolute atomic E-state index is 8.38. The van der Waals surface area contributed by atoms with Crippen LogP contribution < -0.4 is 0 Å². The molecule has 1 aromatic heterocycles. The molecular weight excluding hydrogens is 232 g/mol. The van der Waals surface area contributed by atoms with Gasteiger partial charge in [-0.05, 0) is 36.4 Å². The fourth-order valence-corrected chi connectivity index (χ4v) is 2.50. The first-order valence-electron chi connectivity index (χ1n) is 10.2. The zero-order valence-corrected chi connectivity index (χ0v) is 11.4. The van der Waals surface area contributed by atoms with Gasteiger partial charge in [0.1, 0.15) is 11.2 Å². The van der Waals surface area contributed by atoms with E-state index < -0.39 is 36.0 Å². The van der Waals surface area contributed by atoms with Gasteiger partial charge in [-0.25, -0.2) is 0 Å². The van der Waals surface area contributed by atoms with E-state index in [2.05, 4.69) is 0 Å². The van der Waals surface area contributed by atoms with Crippen LogP contribution in [0.4, 0.5) is 0 Å². The fraction of sp³-hybridized carbons (Fsp3) is 0.333. The van der Waals surface area contributed by atoms with E-state index in [0.717, 1.165) is 0 Å². The molecule has 0 aliphatic rings. The molecule has 1 nitrogen and oxygen atoms in total. The summed E-state index contributed by atoms with van der Waals surface area (Å²) in [5.74, 6) is 0. The SMILES string of the molecule is [2H]c1c(C([2H])([2H])[2H])c([2H])c2oc3c(C(C)(C)C)c(C)c([2H])c([2H])c3c2c1[2H]. The van der Waals surface area contributed by atoms with E-state index in [0.29, 0.717) is 11.1 Å². The number of hydrogen-bond donors (Lipinski definition) is 0. The number of fused-ring (bicyclic) bond motifs is 3. The van der Waals surface area contributed by atoms with Crippen molar-refractivity contribution in [3.8, 4) is 0 Å². The van der Waals surface area contributed by atoms with Gasteiger partial charge in [0.15, 0.2) is 0 Å². The fourth-order valence-electron chi connectivity index (χ4n) is 2.50. The van der Waals surface area contributed by atoms with Crippen LogP contribution in [-0.4, -0.2) is 0 Å². The van der Waals surface area contributed by atoms with Gasteiger partial charge in [0.25, 0.3) is 0 Å². The molecule has 19 heavy (non-hydrogen) atoms. The summed E-state index contributed by atoms with van der Waals surface area (Å²) in [6.07, 6.45) is 0. The van der Waals surface area contributed by atoms with Crippen LogP contribution in [0.1, 0.15) is 48.4 Å². The minimum absolute atomic E-state index is 0.00696. The Morgan fingerprint density at radius 1 is 1.11 bits per heavy atom. The Labute approximate surface area is 125 Å². The molecular formula is C18H20O. The lowest BCUT2D eigenvalue weighted by Crippen LogP contribution is -2.13. The quantitative estimate of drug-likeness (QED) is 0.520. The predicted molar refractivity (Wildman–Crippen MR) is 81.9 cm³/mol. The summed E-state index contributed by atoms with van der Waals surface area (Å²) in [5.41, 5.74) is 0.419. The normalized spacial score (nSPS) is 19.2. The average molecular weight is 260 g/mol. The van der Waals surface area contributed by atoms with Crippen LogP contribution >= 0.6 is 0 Å². The zero-order chi connectivity index (χ0) is 20.6. The summed E-state index contributed by atoms with van der Waals surface area (Å²) in [5, 5.41) is 0.242. The number of rotatable bonds is 0. The molecule has 0 unspecified atom stereocenters. The highest BCUT2D eigenvalue weighted by atomic mass is 16.3. The van der Waals surface area contributed by atoms with Crippen molar-refractivity contribution in [1.82, 2.24) is 0 Å². The second kappa shape index (κ2) is 3.86. The maximum Gasteiger partial charge on any atom is 0.139 e. The van der Waals surface area contributed by atoms with Gasteiger partial charge in [0, 0.05) is 20.4 Å². The van der Waals surface area contributed by atoms with Gasteiger partial charge < -0.3 is 4.42 Å². The number of hydrogen-bond acceptors (Lipinski definition) is 1. The monoisotopic (exact) mass is 260 g/mol. The Morgan fingerprint density at radius 3 is 2.53 bits per heavy atom. The molecule has 0 amide bonds. The van der Waals surface area contributed by atoms with E-state index in [1.807, 2.05) is 20.8 Å². The minimum atomic E-state index is -2.73. The molecule has 0 N–H and O–H groups in total. The van der Waals surface area contributed by atoms with Crippen molar-refractivity contribution < 1.29 is 15.4 Å². The molecule has 0 radical (unpaired) electrons. The van der Waals surface area contributed by atoms with E-state index in [1.165, 1.54) is 0 Å². The molecule has 0 aliphatic carbocycles. The lowest BCUT2D eigenvalue weighted by Gasteiger charge is -2.21. The first kappa shape index (κ1) is 6.13. The van der Waals surface area contributed by atoms with E-state index >= 15 is 0 Å². The summed E-state index contributed by atoms with van der Waals surface area (Å²) in [6, 6.07) is -1.59. The second-order valence-electron chi connectivity index (χ2n) is 5.76. The Kier molecular flexibility index (Phi) is 1.25. The molecule has 1 heteroatoms. The van der Waals surface area contributed by atoms with Gasteiger partial charge >= 0.3 is 0 Å². The van der Waals surface area contributed by atoms with Gasteiger partial charge in [-0.2, -0.15) is 0 Å². The standard InChI is InChI=1S/C18H20O/c1-11-6-8-13-14-9-7-12(2)16(18(3,4)5)17(14)19-15(13)10-11/h6-10H,1-5H3/i1D3,6D,7D,8D,9D,10D. The van der Waals surface area contributed by atoms with Crippen molar-refractivity contribution in [2.24, 2.45) is 0 Å². The van der Waals surface area contributed by atoms with Crippen LogP contribution in [0.5, 0.6) is 0 Å². The summed E-state index contributed by atoms with van der Waals surface area (Å²) < 4.78 is 70.2. The van der Waals surface area contributed by atoms with Crippen molar-refractivity contribution in [2.45, 2.75) is 40.0 Å². The molecule has 2 aromatic carbocycles. The lowest BCUT2D eigenvalue weighted by atomic mass is 9.83. The average Bonchev–Trinajstić information content (AvgIpc) is 2.88. The second-order valence-corrected chi connectivity index (χ2v) is 5.76. The lowest BCUT2D eigenvalue weighted by molar-refractivity contribution is 0.569. The van der Waals surface area contributed by atoms with Gasteiger partial charge in [-0.1, -0.05) is 44.9 Å². The van der Waals surface area contributed by atoms with Crippen LogP contribution in [-0.2, 0) is 5.41 Å². The van der Waals surface area contributed by atoms with Crippen molar-refractivity contribution in [2.75, 3.05) is 0 Å². The van der Waals surface area contributed by atoms with Gasteiger partial charge in [-0.3, -0.25) is 0 Å². The van der Waals surface area contributed by atoms with Gasteiger partial charge in [-0.15, -0.1) is 0 Å². The molecule has 0 spiro atoms.